The van der Waals surface area contributed by atoms with E-state index < -0.39 is 0 Å². The Kier molecular flexibility index (Phi) is 0.255. The van der Waals surface area contributed by atoms with Crippen molar-refractivity contribution in [2.24, 2.45) is 0 Å². The van der Waals surface area contributed by atoms with Crippen molar-refractivity contribution in [3.8, 4) is 0 Å². The first kappa shape index (κ1) is 2.21. The molecule has 19 valence electrons. The van der Waals surface area contributed by atoms with Crippen LogP contribution in [0.25, 0.3) is 0 Å². The molecule has 0 aliphatic heterocycles. The molecule has 4 heavy (non-hydrogen) atoms. The van der Waals surface area contributed by atoms with Crippen molar-refractivity contribution in [2.75, 3.05) is 0 Å². The molecule has 0 nitrogen and oxygen atoms in total. The fourth-order valence-corrected chi connectivity index (χ4v) is 0.167. The van der Waals surface area contributed by atoms with Gasteiger partial charge in [0.05, 0.1) is 0 Å². The first-order valence-corrected chi connectivity index (χ1v) is 1.87. The second kappa shape index (κ2) is 0.461. The Morgan fingerprint density at radius 2 is 1.75 bits per heavy atom. The molecule has 0 bridgehead atoms. The van der Waals surface area contributed by atoms with E-state index in [4.69, 9.17) is 0 Å². The van der Waals surface area contributed by atoms with E-state index in [1.807, 2.05) is 0 Å². The Bertz CT molecular complexity index is 41.2. The molecule has 1 aliphatic carbocycles. The van der Waals surface area contributed by atoms with Crippen LogP contribution < -0.4 is 0 Å². The molecule has 3 radical (unpaired) electrons. The highest BCUT2D eigenvalue weighted by Crippen LogP contribution is 2.16. The first-order valence-electron chi connectivity index (χ1n) is 1.29. The minimum absolute atomic E-state index is 0.639. The highest BCUT2D eigenvalue weighted by molar-refractivity contribution is 6.16. The van der Waals surface area contributed by atoms with Crippen LogP contribution in [0, 0.1) is 0 Å². The molecule has 1 aliphatic rings. The summed E-state index contributed by atoms with van der Waals surface area (Å²) in [4.78, 5) is 0. The summed E-state index contributed by atoms with van der Waals surface area (Å²) >= 11 is 0. The van der Waals surface area contributed by atoms with E-state index in [2.05, 4.69) is 22.4 Å². The zero-order valence-electron chi connectivity index (χ0n) is 2.23. The van der Waals surface area contributed by atoms with Crippen molar-refractivity contribution in [2.45, 2.75) is 5.54 Å². The molecule has 0 N–H and O–H groups in total. The fourth-order valence-electron chi connectivity index (χ4n) is 0.0556. The van der Waals surface area contributed by atoms with E-state index in [0.717, 1.165) is 0 Å². The van der Waals surface area contributed by atoms with Crippen LogP contribution in [0.5, 0.6) is 0 Å². The minimum Gasteiger partial charge on any atom is -0.0849 e. The van der Waals surface area contributed by atoms with Crippen molar-refractivity contribution in [1.82, 2.24) is 0 Å². The Morgan fingerprint density at radius 3 is 1.75 bits per heavy atom. The van der Waals surface area contributed by atoms with E-state index in [9.17, 15) is 0 Å². The predicted molar refractivity (Wildman–Crippen MR) is 18.6 cm³/mol. The SMILES string of the molecule is [Si]C1C=C1. The van der Waals surface area contributed by atoms with Gasteiger partial charge in [-0.25, -0.2) is 0 Å². The fraction of sp³-hybridized carbons (Fsp3) is 0.333. The van der Waals surface area contributed by atoms with Gasteiger partial charge in [-0.15, -0.1) is 0 Å². The second-order valence-electron chi connectivity index (χ2n) is 0.911. The Balaban J connectivity index is 2.32. The molecule has 0 unspecified atom stereocenters. The molecule has 0 saturated carbocycles. The normalized spacial score (nSPS) is 22.2. The summed E-state index contributed by atoms with van der Waals surface area (Å²) in [7, 11) is 3.31. The maximum atomic E-state index is 3.31. The van der Waals surface area contributed by atoms with Crippen molar-refractivity contribution < 1.29 is 0 Å². The molecule has 0 aromatic rings. The lowest BCUT2D eigenvalue weighted by Gasteiger charge is -1.56. The monoisotopic (exact) mass is 67.0 g/mol. The second-order valence-corrected chi connectivity index (χ2v) is 1.58. The number of hydrogen-bond acceptors (Lipinski definition) is 0. The molecule has 0 aromatic carbocycles. The maximum absolute atomic E-state index is 3.31. The topological polar surface area (TPSA) is 0 Å². The third kappa shape index (κ3) is 0.205. The van der Waals surface area contributed by atoms with E-state index in [1.54, 1.807) is 0 Å². The van der Waals surface area contributed by atoms with Crippen LogP contribution in [0.15, 0.2) is 12.2 Å². The van der Waals surface area contributed by atoms with Crippen molar-refractivity contribution in [3.63, 3.8) is 0 Å². The van der Waals surface area contributed by atoms with Crippen molar-refractivity contribution in [1.29, 1.82) is 0 Å². The van der Waals surface area contributed by atoms with Gasteiger partial charge in [0.25, 0.3) is 0 Å². The molecule has 0 heterocycles. The summed E-state index contributed by atoms with van der Waals surface area (Å²) in [5, 5.41) is 0. The quantitative estimate of drug-likeness (QED) is 0.286. The highest BCUT2D eigenvalue weighted by Gasteiger charge is 1.98. The van der Waals surface area contributed by atoms with Crippen molar-refractivity contribution in [3.05, 3.63) is 12.2 Å². The largest absolute Gasteiger partial charge is 0.0849 e. The lowest BCUT2D eigenvalue weighted by molar-refractivity contribution is 1.67. The third-order valence-corrected chi connectivity index (χ3v) is 0.770. The summed E-state index contributed by atoms with van der Waals surface area (Å²) in [6, 6.07) is 0. The Morgan fingerprint density at radius 1 is 1.50 bits per heavy atom. The van der Waals surface area contributed by atoms with Gasteiger partial charge in [0.1, 0.15) is 0 Å². The average Bonchev–Trinajstić information content (AvgIpc) is 1.75. The first-order chi connectivity index (χ1) is 1.89. The van der Waals surface area contributed by atoms with Crippen LogP contribution in [0.1, 0.15) is 0 Å². The van der Waals surface area contributed by atoms with Crippen LogP contribution in [-0.4, -0.2) is 10.2 Å². The van der Waals surface area contributed by atoms with Crippen LogP contribution in [0.2, 0.25) is 5.54 Å². The molecule has 0 saturated heterocycles. The number of rotatable bonds is 0. The van der Waals surface area contributed by atoms with Gasteiger partial charge in [-0.1, -0.05) is 12.2 Å². The lowest BCUT2D eigenvalue weighted by atomic mass is 10.9. The van der Waals surface area contributed by atoms with Gasteiger partial charge in [-0.2, -0.15) is 0 Å². The van der Waals surface area contributed by atoms with Crippen LogP contribution >= 0.6 is 0 Å². The van der Waals surface area contributed by atoms with E-state index in [0.29, 0.717) is 5.54 Å². The Hall–Kier alpha value is -0.0431. The summed E-state index contributed by atoms with van der Waals surface area (Å²) < 4.78 is 0. The zero-order valence-corrected chi connectivity index (χ0v) is 3.23. The molecule has 0 spiro atoms. The summed E-state index contributed by atoms with van der Waals surface area (Å²) in [5.41, 5.74) is 0.639. The zero-order chi connectivity index (χ0) is 2.99. The molecule has 1 heteroatoms. The van der Waals surface area contributed by atoms with Gasteiger partial charge in [-0.3, -0.25) is 0 Å². The van der Waals surface area contributed by atoms with Gasteiger partial charge < -0.3 is 0 Å². The van der Waals surface area contributed by atoms with Crippen LogP contribution in [0.3, 0.4) is 0 Å². The highest BCUT2D eigenvalue weighted by atomic mass is 28.1. The summed E-state index contributed by atoms with van der Waals surface area (Å²) in [6.45, 7) is 0. The van der Waals surface area contributed by atoms with Gasteiger partial charge in [-0.05, 0) is 5.54 Å². The summed E-state index contributed by atoms with van der Waals surface area (Å²) in [6.07, 6.45) is 4.16. The number of allylic oxidation sites excluding steroid dienone is 2. The van der Waals surface area contributed by atoms with Gasteiger partial charge in [0.15, 0.2) is 0 Å². The summed E-state index contributed by atoms with van der Waals surface area (Å²) in [5.74, 6) is 0. The molecule has 0 aromatic heterocycles. The van der Waals surface area contributed by atoms with Crippen LogP contribution in [0.4, 0.5) is 0 Å². The smallest absolute Gasteiger partial charge is 0.0379 e. The van der Waals surface area contributed by atoms with Crippen molar-refractivity contribution >= 4 is 10.2 Å². The molecular weight excluding hydrogens is 64.1 g/mol. The predicted octanol–water partition coefficient (Wildman–Crippen LogP) is 0.513. The van der Waals surface area contributed by atoms with E-state index >= 15 is 0 Å². The number of hydrogen-bond donors (Lipinski definition) is 0. The van der Waals surface area contributed by atoms with Crippen LogP contribution in [-0.2, 0) is 0 Å². The Labute approximate surface area is 28.9 Å². The van der Waals surface area contributed by atoms with Gasteiger partial charge >= 0.3 is 0 Å². The molecule has 0 fully saturated rings. The molecule has 1 rings (SSSR count). The maximum Gasteiger partial charge on any atom is 0.0379 e. The third-order valence-electron chi connectivity index (χ3n) is 0.385. The van der Waals surface area contributed by atoms with Gasteiger partial charge in [0, 0.05) is 10.2 Å². The van der Waals surface area contributed by atoms with E-state index in [-0.39, 0.29) is 0 Å². The minimum atomic E-state index is 0.639. The molecule has 0 atom stereocenters. The lowest BCUT2D eigenvalue weighted by Crippen LogP contribution is -1.51. The standard InChI is InChI=1S/C3H3Si/c4-3-1-2-3/h1-3H. The average molecular weight is 67.1 g/mol. The van der Waals surface area contributed by atoms with Gasteiger partial charge in [0.2, 0.25) is 0 Å². The van der Waals surface area contributed by atoms with E-state index in [1.165, 1.54) is 0 Å². The molecule has 0 amide bonds. The molecular formula is C3H3Si.